The summed E-state index contributed by atoms with van der Waals surface area (Å²) in [4.78, 5) is 14.0. The first kappa shape index (κ1) is 15.9. The number of likely N-dealkylation sites (tertiary alicyclic amines) is 1. The Kier molecular flexibility index (Phi) is 4.78. The smallest absolute Gasteiger partial charge is 0.317 e. The van der Waals surface area contributed by atoms with E-state index in [0.717, 1.165) is 5.56 Å². The molecule has 2 aliphatic heterocycles. The Labute approximate surface area is 139 Å². The van der Waals surface area contributed by atoms with Crippen LogP contribution >= 0.6 is 23.2 Å². The molecule has 0 atom stereocenters. The van der Waals surface area contributed by atoms with Crippen molar-refractivity contribution in [3.05, 3.63) is 33.8 Å². The summed E-state index contributed by atoms with van der Waals surface area (Å²) in [5.41, 5.74) is 0.843. The summed E-state index contributed by atoms with van der Waals surface area (Å²) in [5, 5.41) is 4.02. The van der Waals surface area contributed by atoms with Crippen molar-refractivity contribution < 1.29 is 14.3 Å². The SMILES string of the molecule is O=C(NCc1ccc(Cl)cc1Cl)N1CCC2(CC1)OCCO2. The Hall–Kier alpha value is -1.01. The van der Waals surface area contributed by atoms with E-state index in [9.17, 15) is 4.79 Å². The lowest BCUT2D eigenvalue weighted by Crippen LogP contribution is -2.50. The van der Waals surface area contributed by atoms with Gasteiger partial charge >= 0.3 is 6.03 Å². The van der Waals surface area contributed by atoms with Crippen LogP contribution in [0.2, 0.25) is 10.0 Å². The van der Waals surface area contributed by atoms with Crippen LogP contribution in [0.5, 0.6) is 0 Å². The van der Waals surface area contributed by atoms with E-state index in [2.05, 4.69) is 5.32 Å². The van der Waals surface area contributed by atoms with Crippen molar-refractivity contribution in [3.8, 4) is 0 Å². The minimum atomic E-state index is -0.462. The van der Waals surface area contributed by atoms with Gasteiger partial charge in [-0.3, -0.25) is 0 Å². The van der Waals surface area contributed by atoms with Crippen molar-refractivity contribution in [2.45, 2.75) is 25.2 Å². The predicted octanol–water partition coefficient (Wildman–Crippen LogP) is 3.04. The molecule has 0 radical (unpaired) electrons. The summed E-state index contributed by atoms with van der Waals surface area (Å²) in [6.07, 6.45) is 1.42. The normalized spacial score (nSPS) is 20.4. The average Bonchev–Trinajstić information content (AvgIpc) is 2.95. The maximum atomic E-state index is 12.2. The number of urea groups is 1. The zero-order valence-corrected chi connectivity index (χ0v) is 13.6. The molecule has 120 valence electrons. The van der Waals surface area contributed by atoms with Crippen LogP contribution in [0.15, 0.2) is 18.2 Å². The second kappa shape index (κ2) is 6.62. The predicted molar refractivity (Wildman–Crippen MR) is 84.1 cm³/mol. The Morgan fingerprint density at radius 2 is 1.91 bits per heavy atom. The summed E-state index contributed by atoms with van der Waals surface area (Å²) < 4.78 is 11.3. The fourth-order valence-electron chi connectivity index (χ4n) is 2.78. The number of carbonyl (C=O) groups is 1. The molecule has 1 spiro atoms. The van der Waals surface area contributed by atoms with Gasteiger partial charge in [-0.05, 0) is 17.7 Å². The van der Waals surface area contributed by atoms with E-state index >= 15 is 0 Å². The molecule has 1 N–H and O–H groups in total. The van der Waals surface area contributed by atoms with Crippen LogP contribution in [0.25, 0.3) is 0 Å². The van der Waals surface area contributed by atoms with Gasteiger partial charge in [-0.25, -0.2) is 4.79 Å². The van der Waals surface area contributed by atoms with Crippen molar-refractivity contribution in [2.24, 2.45) is 0 Å². The molecule has 0 aliphatic carbocycles. The molecule has 0 saturated carbocycles. The van der Waals surface area contributed by atoms with Crippen LogP contribution in [-0.4, -0.2) is 43.0 Å². The van der Waals surface area contributed by atoms with Crippen LogP contribution in [0.4, 0.5) is 4.79 Å². The molecule has 2 aliphatic rings. The summed E-state index contributed by atoms with van der Waals surface area (Å²) in [6.45, 7) is 2.91. The molecule has 0 bridgehead atoms. The van der Waals surface area contributed by atoms with Crippen molar-refractivity contribution in [2.75, 3.05) is 26.3 Å². The summed E-state index contributed by atoms with van der Waals surface area (Å²) >= 11 is 12.0. The molecule has 1 aromatic rings. The first-order chi connectivity index (χ1) is 10.6. The standard InChI is InChI=1S/C15H18Cl2N2O3/c16-12-2-1-11(13(17)9-12)10-18-14(20)19-5-3-15(4-6-19)21-7-8-22-15/h1-2,9H,3-8,10H2,(H,18,20). The van der Waals surface area contributed by atoms with Gasteiger partial charge in [-0.15, -0.1) is 0 Å². The van der Waals surface area contributed by atoms with Gasteiger partial charge in [-0.2, -0.15) is 0 Å². The number of rotatable bonds is 2. The summed E-state index contributed by atoms with van der Waals surface area (Å²) in [7, 11) is 0. The zero-order chi connectivity index (χ0) is 15.6. The number of carbonyl (C=O) groups excluding carboxylic acids is 1. The van der Waals surface area contributed by atoms with Crippen molar-refractivity contribution in [3.63, 3.8) is 0 Å². The molecule has 3 rings (SSSR count). The molecular formula is C15H18Cl2N2O3. The van der Waals surface area contributed by atoms with Gasteiger partial charge in [-0.1, -0.05) is 29.3 Å². The molecule has 22 heavy (non-hydrogen) atoms. The van der Waals surface area contributed by atoms with Crippen LogP contribution in [0.3, 0.4) is 0 Å². The number of hydrogen-bond donors (Lipinski definition) is 1. The second-order valence-corrected chi connectivity index (χ2v) is 6.33. The first-order valence-corrected chi connectivity index (χ1v) is 8.08. The molecular weight excluding hydrogens is 327 g/mol. The number of nitrogens with zero attached hydrogens (tertiary/aromatic N) is 1. The fraction of sp³-hybridized carbons (Fsp3) is 0.533. The molecule has 2 fully saturated rings. The molecule has 7 heteroatoms. The number of piperidine rings is 1. The van der Waals surface area contributed by atoms with Gasteiger partial charge in [0.15, 0.2) is 5.79 Å². The fourth-order valence-corrected chi connectivity index (χ4v) is 3.26. The molecule has 0 aromatic heterocycles. The quantitative estimate of drug-likeness (QED) is 0.896. The third-order valence-corrected chi connectivity index (χ3v) is 4.66. The van der Waals surface area contributed by atoms with E-state index < -0.39 is 5.79 Å². The highest BCUT2D eigenvalue weighted by atomic mass is 35.5. The Bertz CT molecular complexity index is 552. The zero-order valence-electron chi connectivity index (χ0n) is 12.1. The van der Waals surface area contributed by atoms with Gasteiger partial charge in [0.25, 0.3) is 0 Å². The third kappa shape index (κ3) is 3.49. The maximum Gasteiger partial charge on any atom is 0.317 e. The van der Waals surface area contributed by atoms with E-state index in [4.69, 9.17) is 32.7 Å². The lowest BCUT2D eigenvalue weighted by molar-refractivity contribution is -0.181. The number of hydrogen-bond acceptors (Lipinski definition) is 3. The van der Waals surface area contributed by atoms with Gasteiger partial charge < -0.3 is 19.7 Å². The van der Waals surface area contributed by atoms with E-state index in [0.29, 0.717) is 55.7 Å². The van der Waals surface area contributed by atoms with Gasteiger partial charge in [0.1, 0.15) is 0 Å². The molecule has 5 nitrogen and oxygen atoms in total. The highest BCUT2D eigenvalue weighted by Gasteiger charge is 2.40. The van der Waals surface area contributed by atoms with Gasteiger partial charge in [0, 0.05) is 42.5 Å². The van der Waals surface area contributed by atoms with Crippen LogP contribution < -0.4 is 5.32 Å². The van der Waals surface area contributed by atoms with Crippen LogP contribution in [0.1, 0.15) is 18.4 Å². The Morgan fingerprint density at radius 3 is 2.55 bits per heavy atom. The van der Waals surface area contributed by atoms with Crippen molar-refractivity contribution in [1.29, 1.82) is 0 Å². The Balaban J connectivity index is 1.50. The number of ether oxygens (including phenoxy) is 2. The van der Waals surface area contributed by atoms with E-state index in [1.165, 1.54) is 0 Å². The van der Waals surface area contributed by atoms with Gasteiger partial charge in [0.05, 0.1) is 13.2 Å². The second-order valence-electron chi connectivity index (χ2n) is 5.49. The Morgan fingerprint density at radius 1 is 1.23 bits per heavy atom. The lowest BCUT2D eigenvalue weighted by atomic mass is 10.0. The molecule has 0 unspecified atom stereocenters. The monoisotopic (exact) mass is 344 g/mol. The number of benzene rings is 1. The number of amides is 2. The van der Waals surface area contributed by atoms with E-state index in [-0.39, 0.29) is 6.03 Å². The van der Waals surface area contributed by atoms with Crippen molar-refractivity contribution >= 4 is 29.2 Å². The highest BCUT2D eigenvalue weighted by molar-refractivity contribution is 6.35. The topological polar surface area (TPSA) is 50.8 Å². The lowest BCUT2D eigenvalue weighted by Gasteiger charge is -2.37. The van der Waals surface area contributed by atoms with Crippen LogP contribution in [0, 0.1) is 0 Å². The summed E-state index contributed by atoms with van der Waals surface area (Å²) in [5.74, 6) is -0.462. The largest absolute Gasteiger partial charge is 0.347 e. The summed E-state index contributed by atoms with van der Waals surface area (Å²) in [6, 6.07) is 5.15. The average molecular weight is 345 g/mol. The van der Waals surface area contributed by atoms with Gasteiger partial charge in [0.2, 0.25) is 0 Å². The number of halogens is 2. The third-order valence-electron chi connectivity index (χ3n) is 4.07. The maximum absolute atomic E-state index is 12.2. The van der Waals surface area contributed by atoms with Crippen LogP contribution in [-0.2, 0) is 16.0 Å². The molecule has 2 saturated heterocycles. The highest BCUT2D eigenvalue weighted by Crippen LogP contribution is 2.31. The number of nitrogens with one attached hydrogen (secondary N) is 1. The minimum absolute atomic E-state index is 0.0983. The minimum Gasteiger partial charge on any atom is -0.347 e. The molecule has 2 amide bonds. The van der Waals surface area contributed by atoms with E-state index in [1.54, 1.807) is 17.0 Å². The molecule has 2 heterocycles. The first-order valence-electron chi connectivity index (χ1n) is 7.33. The molecule has 1 aromatic carbocycles. The van der Waals surface area contributed by atoms with E-state index in [1.807, 2.05) is 6.07 Å². The van der Waals surface area contributed by atoms with Crippen molar-refractivity contribution in [1.82, 2.24) is 10.2 Å².